The molecule has 1 aromatic rings. The van der Waals surface area contributed by atoms with Gasteiger partial charge in [0.15, 0.2) is 0 Å². The highest BCUT2D eigenvalue weighted by molar-refractivity contribution is 7.99. The van der Waals surface area contributed by atoms with Crippen LogP contribution in [0.25, 0.3) is 0 Å². The monoisotopic (exact) mass is 276 g/mol. The fraction of sp³-hybridized carbons (Fsp3) is 0.533. The van der Waals surface area contributed by atoms with Gasteiger partial charge in [0.2, 0.25) is 0 Å². The summed E-state index contributed by atoms with van der Waals surface area (Å²) >= 11 is 1.91. The van der Waals surface area contributed by atoms with Crippen LogP contribution < -0.4 is 10.6 Å². The third-order valence-corrected chi connectivity index (χ3v) is 5.06. The lowest BCUT2D eigenvalue weighted by Gasteiger charge is -2.17. The van der Waals surface area contributed by atoms with Crippen LogP contribution in [0.1, 0.15) is 37.7 Å². The van der Waals surface area contributed by atoms with E-state index in [-0.39, 0.29) is 6.03 Å². The van der Waals surface area contributed by atoms with Gasteiger partial charge in [0.25, 0.3) is 0 Å². The lowest BCUT2D eigenvalue weighted by molar-refractivity contribution is 0.248. The van der Waals surface area contributed by atoms with E-state index < -0.39 is 0 Å². The van der Waals surface area contributed by atoms with E-state index >= 15 is 0 Å². The highest BCUT2D eigenvalue weighted by Crippen LogP contribution is 2.31. The van der Waals surface area contributed by atoms with Gasteiger partial charge in [-0.1, -0.05) is 12.8 Å². The van der Waals surface area contributed by atoms with E-state index in [0.29, 0.717) is 6.04 Å². The molecule has 0 unspecified atom stereocenters. The van der Waals surface area contributed by atoms with Crippen molar-refractivity contribution in [3.8, 4) is 0 Å². The molecule has 1 heterocycles. The number of carbonyl (C=O) groups excluding carboxylic acids is 1. The number of carbonyl (C=O) groups is 1. The van der Waals surface area contributed by atoms with Gasteiger partial charge in [-0.3, -0.25) is 0 Å². The summed E-state index contributed by atoms with van der Waals surface area (Å²) < 4.78 is 0. The standard InChI is InChI=1S/C15H20N2OS/c18-15(16-12-5-1-2-6-12)17-13-7-8-14-11(10-13)4-3-9-19-14/h7-8,10,12H,1-6,9H2,(H2,16,17,18). The van der Waals surface area contributed by atoms with E-state index in [1.165, 1.54) is 35.5 Å². The zero-order valence-electron chi connectivity index (χ0n) is 11.1. The van der Waals surface area contributed by atoms with Gasteiger partial charge in [0, 0.05) is 16.6 Å². The second-order valence-corrected chi connectivity index (χ2v) is 6.49. The molecule has 2 amide bonds. The van der Waals surface area contributed by atoms with Gasteiger partial charge in [-0.25, -0.2) is 4.79 Å². The fourth-order valence-electron chi connectivity index (χ4n) is 2.86. The number of nitrogens with one attached hydrogen (secondary N) is 2. The number of amides is 2. The molecule has 4 heteroatoms. The molecule has 0 atom stereocenters. The minimum absolute atomic E-state index is 0.0599. The number of urea groups is 1. The quantitative estimate of drug-likeness (QED) is 0.863. The Morgan fingerprint density at radius 2 is 2.05 bits per heavy atom. The van der Waals surface area contributed by atoms with Gasteiger partial charge in [-0.15, -0.1) is 11.8 Å². The van der Waals surface area contributed by atoms with Crippen LogP contribution in [0.15, 0.2) is 23.1 Å². The predicted molar refractivity (Wildman–Crippen MR) is 79.9 cm³/mol. The summed E-state index contributed by atoms with van der Waals surface area (Å²) in [7, 11) is 0. The van der Waals surface area contributed by atoms with Crippen molar-refractivity contribution in [3.05, 3.63) is 23.8 Å². The summed E-state index contributed by atoms with van der Waals surface area (Å²) in [4.78, 5) is 13.3. The number of aryl methyl sites for hydroxylation is 1. The van der Waals surface area contributed by atoms with Crippen LogP contribution in [0.3, 0.4) is 0 Å². The second kappa shape index (κ2) is 5.87. The molecule has 0 saturated heterocycles. The van der Waals surface area contributed by atoms with E-state index in [9.17, 15) is 4.79 Å². The molecule has 0 aromatic heterocycles. The Morgan fingerprint density at radius 1 is 1.21 bits per heavy atom. The molecule has 1 saturated carbocycles. The number of fused-ring (bicyclic) bond motifs is 1. The average molecular weight is 276 g/mol. The normalized spacial score (nSPS) is 18.9. The van der Waals surface area contributed by atoms with Crippen molar-refractivity contribution in [3.63, 3.8) is 0 Å². The molecule has 1 aromatic carbocycles. The fourth-order valence-corrected chi connectivity index (χ4v) is 3.88. The Balaban J connectivity index is 1.61. The smallest absolute Gasteiger partial charge is 0.319 e. The molecule has 0 spiro atoms. The highest BCUT2D eigenvalue weighted by Gasteiger charge is 2.17. The number of anilines is 1. The lowest BCUT2D eigenvalue weighted by Crippen LogP contribution is -2.36. The van der Waals surface area contributed by atoms with Crippen LogP contribution in [-0.4, -0.2) is 17.8 Å². The summed E-state index contributed by atoms with van der Waals surface area (Å²) in [6.45, 7) is 0. The Kier molecular flexibility index (Phi) is 3.97. The summed E-state index contributed by atoms with van der Waals surface area (Å²) in [5, 5.41) is 6.01. The maximum absolute atomic E-state index is 11.9. The lowest BCUT2D eigenvalue weighted by atomic mass is 10.1. The number of hydrogen-bond donors (Lipinski definition) is 2. The molecule has 3 nitrogen and oxygen atoms in total. The van der Waals surface area contributed by atoms with Gasteiger partial charge < -0.3 is 10.6 Å². The largest absolute Gasteiger partial charge is 0.335 e. The van der Waals surface area contributed by atoms with Crippen molar-refractivity contribution in [1.82, 2.24) is 5.32 Å². The zero-order valence-corrected chi connectivity index (χ0v) is 11.9. The van der Waals surface area contributed by atoms with E-state index in [2.05, 4.69) is 22.8 Å². The first kappa shape index (κ1) is 12.9. The summed E-state index contributed by atoms with van der Waals surface area (Å²) in [6, 6.07) is 6.56. The summed E-state index contributed by atoms with van der Waals surface area (Å²) in [5.74, 6) is 1.21. The van der Waals surface area contributed by atoms with Crippen LogP contribution in [0.5, 0.6) is 0 Å². The second-order valence-electron chi connectivity index (χ2n) is 5.35. The third kappa shape index (κ3) is 3.24. The maximum atomic E-state index is 11.9. The number of rotatable bonds is 2. The molecule has 102 valence electrons. The van der Waals surface area contributed by atoms with Crippen LogP contribution >= 0.6 is 11.8 Å². The van der Waals surface area contributed by atoms with E-state index in [1.807, 2.05) is 17.8 Å². The molecule has 1 aliphatic heterocycles. The molecule has 0 radical (unpaired) electrons. The zero-order chi connectivity index (χ0) is 13.1. The van der Waals surface area contributed by atoms with Gasteiger partial charge in [-0.2, -0.15) is 0 Å². The van der Waals surface area contributed by atoms with Gasteiger partial charge >= 0.3 is 6.03 Å². The first-order valence-corrected chi connectivity index (χ1v) is 8.13. The average Bonchev–Trinajstić information content (AvgIpc) is 2.91. The van der Waals surface area contributed by atoms with E-state index in [0.717, 1.165) is 24.9 Å². The Bertz CT molecular complexity index is 469. The predicted octanol–water partition coefficient (Wildman–Crippen LogP) is 3.79. The molecule has 3 rings (SSSR count). The molecule has 0 bridgehead atoms. The SMILES string of the molecule is O=C(Nc1ccc2c(c1)CCCS2)NC1CCCC1. The Labute approximate surface area is 118 Å². The minimum atomic E-state index is -0.0599. The minimum Gasteiger partial charge on any atom is -0.335 e. The van der Waals surface area contributed by atoms with Gasteiger partial charge in [0.05, 0.1) is 0 Å². The topological polar surface area (TPSA) is 41.1 Å². The van der Waals surface area contributed by atoms with Crippen molar-refractivity contribution in [2.75, 3.05) is 11.1 Å². The molecule has 1 fully saturated rings. The summed E-state index contributed by atoms with van der Waals surface area (Å²) in [6.07, 6.45) is 7.07. The van der Waals surface area contributed by atoms with Crippen LogP contribution in [-0.2, 0) is 6.42 Å². The maximum Gasteiger partial charge on any atom is 0.319 e. The summed E-state index contributed by atoms with van der Waals surface area (Å²) in [5.41, 5.74) is 2.28. The molecular weight excluding hydrogens is 256 g/mol. The first-order chi connectivity index (χ1) is 9.31. The highest BCUT2D eigenvalue weighted by atomic mass is 32.2. The molecule has 2 aliphatic rings. The molecular formula is C15H20N2OS. The van der Waals surface area contributed by atoms with Crippen molar-refractivity contribution < 1.29 is 4.79 Å². The number of hydrogen-bond acceptors (Lipinski definition) is 2. The Hall–Kier alpha value is -1.16. The molecule has 1 aliphatic carbocycles. The van der Waals surface area contributed by atoms with Crippen LogP contribution in [0.2, 0.25) is 0 Å². The van der Waals surface area contributed by atoms with E-state index in [4.69, 9.17) is 0 Å². The number of benzene rings is 1. The number of thioether (sulfide) groups is 1. The van der Waals surface area contributed by atoms with Gasteiger partial charge in [0.1, 0.15) is 0 Å². The van der Waals surface area contributed by atoms with Crippen LogP contribution in [0.4, 0.5) is 10.5 Å². The third-order valence-electron chi connectivity index (χ3n) is 3.86. The van der Waals surface area contributed by atoms with Crippen molar-refractivity contribution in [2.24, 2.45) is 0 Å². The molecule has 19 heavy (non-hydrogen) atoms. The molecule has 2 N–H and O–H groups in total. The van der Waals surface area contributed by atoms with Gasteiger partial charge in [-0.05, 0) is 55.2 Å². The first-order valence-electron chi connectivity index (χ1n) is 7.14. The Morgan fingerprint density at radius 3 is 2.89 bits per heavy atom. The van der Waals surface area contributed by atoms with Crippen molar-refractivity contribution in [1.29, 1.82) is 0 Å². The van der Waals surface area contributed by atoms with Crippen molar-refractivity contribution >= 4 is 23.5 Å². The van der Waals surface area contributed by atoms with Crippen molar-refractivity contribution in [2.45, 2.75) is 49.5 Å². The van der Waals surface area contributed by atoms with E-state index in [1.54, 1.807) is 0 Å². The van der Waals surface area contributed by atoms with Crippen LogP contribution in [0, 0.1) is 0 Å².